The number of carboxylic acid groups (broad SMARTS) is 1. The van der Waals surface area contributed by atoms with Crippen LogP contribution in [-0.2, 0) is 9.59 Å². The van der Waals surface area contributed by atoms with Crippen LogP contribution in [0, 0.1) is 5.92 Å². The number of hydrogen-bond acceptors (Lipinski definition) is 4. The van der Waals surface area contributed by atoms with Crippen LogP contribution < -0.4 is 45.1 Å². The van der Waals surface area contributed by atoms with Gasteiger partial charge in [-0.3, -0.25) is 10.2 Å². The molecule has 0 aliphatic heterocycles. The average Bonchev–Trinajstić information content (AvgIpc) is 2.61. The molecule has 0 saturated heterocycles. The Bertz CT molecular complexity index is 665. The maximum Gasteiger partial charge on any atom is 1.00 e. The molecule has 2 rings (SSSR count). The van der Waals surface area contributed by atoms with Crippen molar-refractivity contribution < 1.29 is 44.3 Å². The number of nitrogens with one attached hydrogen (secondary N) is 1. The van der Waals surface area contributed by atoms with Crippen molar-refractivity contribution in [2.24, 2.45) is 5.92 Å². The van der Waals surface area contributed by atoms with Gasteiger partial charge in [0.1, 0.15) is 0 Å². The number of unbranched alkanes of at least 4 members (excludes halogenated alkanes) is 1. The standard InChI is InChI=1S/C19H22N2O3.Na/c1-2-3-14-17(19(23)24)18(22)21(16-12-8-5-9-13-16)20-15-10-6-4-7-11-15;/h4-13,17,20H,2-3,14H2,1H3,(H,23,24);/q;+1/p-1/t17-;/m1./s1. The number of benzene rings is 2. The predicted molar refractivity (Wildman–Crippen MR) is 92.0 cm³/mol. The van der Waals surface area contributed by atoms with Gasteiger partial charge in [0.2, 0.25) is 0 Å². The summed E-state index contributed by atoms with van der Waals surface area (Å²) in [6.07, 6.45) is 1.73. The van der Waals surface area contributed by atoms with Crippen LogP contribution in [0.1, 0.15) is 26.2 Å². The Kier molecular flexibility index (Phi) is 9.27. The molecule has 2 aromatic carbocycles. The smallest absolute Gasteiger partial charge is 0.549 e. The van der Waals surface area contributed by atoms with Crippen LogP contribution in [0.2, 0.25) is 0 Å². The molecule has 0 fully saturated rings. The van der Waals surface area contributed by atoms with Crippen molar-refractivity contribution in [3.63, 3.8) is 0 Å². The minimum Gasteiger partial charge on any atom is -0.549 e. The van der Waals surface area contributed by atoms with Gasteiger partial charge in [0.15, 0.2) is 0 Å². The van der Waals surface area contributed by atoms with Crippen molar-refractivity contribution in [1.29, 1.82) is 0 Å². The third-order valence-electron chi connectivity index (χ3n) is 3.68. The molecule has 2 aromatic rings. The van der Waals surface area contributed by atoms with E-state index in [9.17, 15) is 14.7 Å². The SMILES string of the molecule is CCCC[C@@H](C(=O)[O-])C(=O)N(Nc1ccccc1)c1ccccc1.[Na+]. The van der Waals surface area contributed by atoms with E-state index in [0.717, 1.165) is 6.42 Å². The van der Waals surface area contributed by atoms with Gasteiger partial charge in [0.05, 0.1) is 23.3 Å². The Hall–Kier alpha value is -1.82. The minimum absolute atomic E-state index is 0. The molecule has 0 aromatic heterocycles. The van der Waals surface area contributed by atoms with Crippen LogP contribution in [0.3, 0.4) is 0 Å². The molecule has 25 heavy (non-hydrogen) atoms. The quantitative estimate of drug-likeness (QED) is 0.401. The number of rotatable bonds is 8. The Morgan fingerprint density at radius 1 is 1.04 bits per heavy atom. The number of amides is 1. The molecule has 5 nitrogen and oxygen atoms in total. The van der Waals surface area contributed by atoms with Crippen LogP contribution in [0.25, 0.3) is 0 Å². The first-order valence-electron chi connectivity index (χ1n) is 8.05. The second-order valence-electron chi connectivity index (χ2n) is 5.50. The van der Waals surface area contributed by atoms with Crippen molar-refractivity contribution >= 4 is 23.3 Å². The molecule has 0 saturated carbocycles. The van der Waals surface area contributed by atoms with Crippen molar-refractivity contribution in [3.05, 3.63) is 60.7 Å². The van der Waals surface area contributed by atoms with Crippen molar-refractivity contribution in [2.75, 3.05) is 10.4 Å². The topological polar surface area (TPSA) is 72.5 Å². The zero-order chi connectivity index (χ0) is 17.4. The van der Waals surface area contributed by atoms with Crippen LogP contribution in [-0.4, -0.2) is 11.9 Å². The molecular formula is C19H21N2NaO3. The molecule has 0 bridgehead atoms. The third-order valence-corrected chi connectivity index (χ3v) is 3.68. The first kappa shape index (κ1) is 21.2. The van der Waals surface area contributed by atoms with E-state index < -0.39 is 17.8 Å². The summed E-state index contributed by atoms with van der Waals surface area (Å²) in [4.78, 5) is 24.3. The summed E-state index contributed by atoms with van der Waals surface area (Å²) >= 11 is 0. The fourth-order valence-corrected chi connectivity index (χ4v) is 2.37. The van der Waals surface area contributed by atoms with Crippen molar-refractivity contribution in [2.45, 2.75) is 26.2 Å². The molecule has 0 aliphatic rings. The monoisotopic (exact) mass is 348 g/mol. The number of para-hydroxylation sites is 2. The van der Waals surface area contributed by atoms with Crippen molar-refractivity contribution in [3.8, 4) is 0 Å². The Morgan fingerprint density at radius 2 is 1.60 bits per heavy atom. The predicted octanol–water partition coefficient (Wildman–Crippen LogP) is -0.393. The van der Waals surface area contributed by atoms with Crippen LogP contribution in [0.4, 0.5) is 11.4 Å². The number of carboxylic acids is 1. The zero-order valence-electron chi connectivity index (χ0n) is 14.6. The summed E-state index contributed by atoms with van der Waals surface area (Å²) in [5, 5.41) is 12.7. The summed E-state index contributed by atoms with van der Waals surface area (Å²) in [6, 6.07) is 18.1. The van der Waals surface area contributed by atoms with E-state index in [1.807, 2.05) is 43.3 Å². The molecule has 0 spiro atoms. The van der Waals surface area contributed by atoms with Gasteiger partial charge in [-0.2, -0.15) is 0 Å². The second kappa shape index (κ2) is 10.9. The van der Waals surface area contributed by atoms with Gasteiger partial charge in [-0.05, 0) is 30.7 Å². The molecule has 126 valence electrons. The summed E-state index contributed by atoms with van der Waals surface area (Å²) in [5.41, 5.74) is 4.27. The fraction of sp³-hybridized carbons (Fsp3) is 0.263. The van der Waals surface area contributed by atoms with E-state index in [0.29, 0.717) is 17.8 Å². The van der Waals surface area contributed by atoms with Gasteiger partial charge in [-0.1, -0.05) is 56.2 Å². The van der Waals surface area contributed by atoms with Crippen LogP contribution in [0.5, 0.6) is 0 Å². The molecule has 0 radical (unpaired) electrons. The molecule has 1 N–H and O–H groups in total. The van der Waals surface area contributed by atoms with Gasteiger partial charge in [0.25, 0.3) is 5.91 Å². The van der Waals surface area contributed by atoms with E-state index in [-0.39, 0.29) is 36.0 Å². The second-order valence-corrected chi connectivity index (χ2v) is 5.50. The van der Waals surface area contributed by atoms with E-state index in [1.165, 1.54) is 5.01 Å². The Morgan fingerprint density at radius 3 is 2.12 bits per heavy atom. The number of carbonyl (C=O) groups is 2. The largest absolute Gasteiger partial charge is 1.00 e. The summed E-state index contributed by atoms with van der Waals surface area (Å²) in [5.74, 6) is -3.05. The van der Waals surface area contributed by atoms with Gasteiger partial charge in [-0.25, -0.2) is 5.01 Å². The minimum atomic E-state index is -1.34. The van der Waals surface area contributed by atoms with Gasteiger partial charge < -0.3 is 9.90 Å². The van der Waals surface area contributed by atoms with Crippen LogP contribution in [0.15, 0.2) is 60.7 Å². The van der Waals surface area contributed by atoms with Crippen molar-refractivity contribution in [1.82, 2.24) is 0 Å². The van der Waals surface area contributed by atoms with Gasteiger partial charge >= 0.3 is 29.6 Å². The number of anilines is 2. The zero-order valence-corrected chi connectivity index (χ0v) is 16.6. The maximum atomic E-state index is 12.8. The average molecular weight is 348 g/mol. The number of hydrazine groups is 1. The van der Waals surface area contributed by atoms with Gasteiger partial charge in [0, 0.05) is 0 Å². The molecule has 0 unspecified atom stereocenters. The van der Waals surface area contributed by atoms with E-state index >= 15 is 0 Å². The first-order chi connectivity index (χ1) is 11.6. The Labute approximate surface area is 170 Å². The van der Waals surface area contributed by atoms with E-state index in [1.54, 1.807) is 24.3 Å². The molecular weight excluding hydrogens is 327 g/mol. The number of aliphatic carboxylic acids is 1. The Balaban J connectivity index is 0.00000312. The van der Waals surface area contributed by atoms with E-state index in [4.69, 9.17) is 0 Å². The summed E-state index contributed by atoms with van der Waals surface area (Å²) in [6.45, 7) is 1.95. The summed E-state index contributed by atoms with van der Waals surface area (Å²) < 4.78 is 0. The maximum absolute atomic E-state index is 12.8. The molecule has 1 atom stereocenters. The number of nitrogens with zero attached hydrogens (tertiary/aromatic N) is 1. The summed E-state index contributed by atoms with van der Waals surface area (Å²) in [7, 11) is 0. The molecule has 0 aliphatic carbocycles. The normalized spacial score (nSPS) is 11.1. The third kappa shape index (κ3) is 6.20. The number of hydrogen-bond donors (Lipinski definition) is 1. The molecule has 1 amide bonds. The van der Waals surface area contributed by atoms with E-state index in [2.05, 4.69) is 5.43 Å². The molecule has 0 heterocycles. The van der Waals surface area contributed by atoms with Crippen LogP contribution >= 0.6 is 0 Å². The first-order valence-corrected chi connectivity index (χ1v) is 8.05. The fourth-order valence-electron chi connectivity index (χ4n) is 2.37. The molecule has 6 heteroatoms. The van der Waals surface area contributed by atoms with Gasteiger partial charge in [-0.15, -0.1) is 0 Å². The number of carbonyl (C=O) groups excluding carboxylic acids is 2.